The molecule has 1 N–H and O–H groups in total. The molecule has 0 bridgehead atoms. The van der Waals surface area contributed by atoms with E-state index in [1.165, 1.54) is 0 Å². The summed E-state index contributed by atoms with van der Waals surface area (Å²) in [5.41, 5.74) is -0.0283. The van der Waals surface area contributed by atoms with Crippen molar-refractivity contribution in [2.75, 3.05) is 13.7 Å². The summed E-state index contributed by atoms with van der Waals surface area (Å²) in [6.45, 7) is 11.7. The topological polar surface area (TPSA) is 30.5 Å². The number of ether oxygens (including phenoxy) is 2. The molecule has 0 radical (unpaired) electrons. The number of rotatable bonds is 5. The number of hydrogen-bond acceptors (Lipinski definition) is 3. The fourth-order valence-electron chi connectivity index (χ4n) is 2.66. The van der Waals surface area contributed by atoms with Gasteiger partial charge in [-0.25, -0.2) is 0 Å². The first-order chi connectivity index (χ1) is 7.74. The van der Waals surface area contributed by atoms with Crippen molar-refractivity contribution in [2.24, 2.45) is 0 Å². The summed E-state index contributed by atoms with van der Waals surface area (Å²) in [5.74, 6) is 0. The Labute approximate surface area is 106 Å². The number of nitrogens with one attached hydrogen (secondary N) is 1. The van der Waals surface area contributed by atoms with Gasteiger partial charge in [-0.3, -0.25) is 0 Å². The zero-order valence-corrected chi connectivity index (χ0v) is 12.3. The van der Waals surface area contributed by atoms with E-state index in [2.05, 4.69) is 39.9 Å². The molecule has 3 nitrogen and oxygen atoms in total. The molecule has 0 amide bonds. The van der Waals surface area contributed by atoms with Crippen molar-refractivity contribution in [1.29, 1.82) is 0 Å². The van der Waals surface area contributed by atoms with Gasteiger partial charge in [0.05, 0.1) is 11.2 Å². The monoisotopic (exact) mass is 243 g/mol. The quantitative estimate of drug-likeness (QED) is 0.805. The molecular weight excluding hydrogens is 214 g/mol. The molecule has 0 spiro atoms. The van der Waals surface area contributed by atoms with Crippen LogP contribution in [0, 0.1) is 0 Å². The van der Waals surface area contributed by atoms with Gasteiger partial charge in [-0.05, 0) is 53.9 Å². The lowest BCUT2D eigenvalue weighted by atomic mass is 9.92. The van der Waals surface area contributed by atoms with E-state index >= 15 is 0 Å². The lowest BCUT2D eigenvalue weighted by Crippen LogP contribution is -2.48. The van der Waals surface area contributed by atoms with Crippen LogP contribution >= 0.6 is 0 Å². The van der Waals surface area contributed by atoms with Crippen molar-refractivity contribution in [2.45, 2.75) is 77.2 Å². The second kappa shape index (κ2) is 5.68. The van der Waals surface area contributed by atoms with Crippen molar-refractivity contribution in [3.63, 3.8) is 0 Å². The second-order valence-electron chi connectivity index (χ2n) is 6.53. The van der Waals surface area contributed by atoms with Crippen molar-refractivity contribution < 1.29 is 9.47 Å². The third-order valence-electron chi connectivity index (χ3n) is 3.57. The van der Waals surface area contributed by atoms with Crippen LogP contribution in [0.1, 0.15) is 53.9 Å². The molecule has 1 heterocycles. The van der Waals surface area contributed by atoms with Crippen LogP contribution in [-0.4, -0.2) is 37.0 Å². The van der Waals surface area contributed by atoms with Crippen LogP contribution in [0.4, 0.5) is 0 Å². The van der Waals surface area contributed by atoms with Gasteiger partial charge in [0.1, 0.15) is 0 Å². The first-order valence-corrected chi connectivity index (χ1v) is 6.69. The van der Waals surface area contributed by atoms with E-state index in [4.69, 9.17) is 9.47 Å². The molecule has 1 fully saturated rings. The Balaban J connectivity index is 2.38. The SMILES string of the molecule is COC(C)(C)CC(C)NC1CCOC(C)(C)C1. The Morgan fingerprint density at radius 2 is 2.12 bits per heavy atom. The Morgan fingerprint density at radius 3 is 2.65 bits per heavy atom. The molecule has 0 aliphatic carbocycles. The maximum absolute atomic E-state index is 5.73. The minimum atomic E-state index is -0.0485. The summed E-state index contributed by atoms with van der Waals surface area (Å²) < 4.78 is 11.2. The predicted octanol–water partition coefficient (Wildman–Crippen LogP) is 2.74. The summed E-state index contributed by atoms with van der Waals surface area (Å²) in [6, 6.07) is 1.05. The van der Waals surface area contributed by atoms with Crippen LogP contribution < -0.4 is 5.32 Å². The maximum Gasteiger partial charge on any atom is 0.0641 e. The van der Waals surface area contributed by atoms with Crippen molar-refractivity contribution in [1.82, 2.24) is 5.32 Å². The van der Waals surface area contributed by atoms with Gasteiger partial charge in [0.2, 0.25) is 0 Å². The average molecular weight is 243 g/mol. The Bertz CT molecular complexity index is 238. The van der Waals surface area contributed by atoms with Gasteiger partial charge in [0, 0.05) is 25.8 Å². The van der Waals surface area contributed by atoms with Gasteiger partial charge in [0.15, 0.2) is 0 Å². The first kappa shape index (κ1) is 14.9. The molecule has 0 aromatic carbocycles. The Kier molecular flexibility index (Phi) is 4.99. The molecule has 1 aliphatic heterocycles. The van der Waals surface area contributed by atoms with E-state index in [9.17, 15) is 0 Å². The molecule has 1 rings (SSSR count). The molecule has 2 unspecified atom stereocenters. The van der Waals surface area contributed by atoms with Gasteiger partial charge in [0.25, 0.3) is 0 Å². The minimum absolute atomic E-state index is 0.0202. The van der Waals surface area contributed by atoms with Crippen LogP contribution in [0.15, 0.2) is 0 Å². The smallest absolute Gasteiger partial charge is 0.0641 e. The van der Waals surface area contributed by atoms with Crippen LogP contribution in [0.2, 0.25) is 0 Å². The van der Waals surface area contributed by atoms with E-state index in [0.29, 0.717) is 12.1 Å². The third kappa shape index (κ3) is 5.36. The fourth-order valence-corrected chi connectivity index (χ4v) is 2.66. The maximum atomic E-state index is 5.73. The highest BCUT2D eigenvalue weighted by molar-refractivity contribution is 4.86. The van der Waals surface area contributed by atoms with Crippen LogP contribution in [0.3, 0.4) is 0 Å². The highest BCUT2D eigenvalue weighted by Crippen LogP contribution is 2.25. The number of methoxy groups -OCH3 is 1. The lowest BCUT2D eigenvalue weighted by molar-refractivity contribution is -0.0655. The molecule has 1 saturated heterocycles. The minimum Gasteiger partial charge on any atom is -0.379 e. The van der Waals surface area contributed by atoms with Crippen LogP contribution in [0.5, 0.6) is 0 Å². The largest absolute Gasteiger partial charge is 0.379 e. The highest BCUT2D eigenvalue weighted by atomic mass is 16.5. The first-order valence-electron chi connectivity index (χ1n) is 6.69. The zero-order valence-electron chi connectivity index (χ0n) is 12.3. The predicted molar refractivity (Wildman–Crippen MR) is 71.4 cm³/mol. The van der Waals surface area contributed by atoms with E-state index in [0.717, 1.165) is 25.9 Å². The third-order valence-corrected chi connectivity index (χ3v) is 3.57. The van der Waals surface area contributed by atoms with Crippen molar-refractivity contribution in [3.05, 3.63) is 0 Å². The molecule has 2 atom stereocenters. The van der Waals surface area contributed by atoms with Crippen molar-refractivity contribution in [3.8, 4) is 0 Å². The van der Waals surface area contributed by atoms with E-state index < -0.39 is 0 Å². The molecule has 3 heteroatoms. The van der Waals surface area contributed by atoms with E-state index in [-0.39, 0.29) is 11.2 Å². The summed E-state index contributed by atoms with van der Waals surface area (Å²) in [7, 11) is 1.78. The average Bonchev–Trinajstić information content (AvgIpc) is 2.14. The molecule has 0 aromatic heterocycles. The highest BCUT2D eigenvalue weighted by Gasteiger charge is 2.30. The van der Waals surface area contributed by atoms with Crippen LogP contribution in [0.25, 0.3) is 0 Å². The fraction of sp³-hybridized carbons (Fsp3) is 1.00. The zero-order chi connectivity index (χ0) is 13.1. The molecule has 1 aliphatic rings. The number of hydrogen-bond donors (Lipinski definition) is 1. The molecule has 0 saturated carbocycles. The van der Waals surface area contributed by atoms with Gasteiger partial charge < -0.3 is 14.8 Å². The van der Waals surface area contributed by atoms with Gasteiger partial charge in [-0.15, -0.1) is 0 Å². The van der Waals surface area contributed by atoms with Crippen molar-refractivity contribution >= 4 is 0 Å². The van der Waals surface area contributed by atoms with Gasteiger partial charge in [-0.1, -0.05) is 0 Å². The Morgan fingerprint density at radius 1 is 1.47 bits per heavy atom. The Hall–Kier alpha value is -0.120. The summed E-state index contributed by atoms with van der Waals surface area (Å²) in [5, 5.41) is 3.70. The van der Waals surface area contributed by atoms with E-state index in [1.807, 2.05) is 0 Å². The van der Waals surface area contributed by atoms with Crippen LogP contribution in [-0.2, 0) is 9.47 Å². The molecule has 17 heavy (non-hydrogen) atoms. The molecule has 0 aromatic rings. The second-order valence-corrected chi connectivity index (χ2v) is 6.53. The summed E-state index contributed by atoms with van der Waals surface area (Å²) >= 11 is 0. The van der Waals surface area contributed by atoms with E-state index in [1.54, 1.807) is 7.11 Å². The normalized spacial score (nSPS) is 26.8. The van der Waals surface area contributed by atoms with Gasteiger partial charge in [-0.2, -0.15) is 0 Å². The molecule has 102 valence electrons. The lowest BCUT2D eigenvalue weighted by Gasteiger charge is -2.38. The van der Waals surface area contributed by atoms with Gasteiger partial charge >= 0.3 is 0 Å². The molecular formula is C14H29NO2. The summed E-state index contributed by atoms with van der Waals surface area (Å²) in [6.07, 6.45) is 3.23. The summed E-state index contributed by atoms with van der Waals surface area (Å²) in [4.78, 5) is 0. The standard InChI is InChI=1S/C14H29NO2/c1-11(9-13(2,3)16-6)15-12-7-8-17-14(4,5)10-12/h11-12,15H,7-10H2,1-6H3.